The monoisotopic (exact) mass is 499 g/mol. The normalized spacial score (nSPS) is 22.8. The predicted molar refractivity (Wildman–Crippen MR) is 131 cm³/mol. The van der Waals surface area contributed by atoms with Gasteiger partial charge in [-0.3, -0.25) is 29.4 Å². The Kier molecular flexibility index (Phi) is 6.78. The van der Waals surface area contributed by atoms with Gasteiger partial charge in [0, 0.05) is 38.3 Å². The van der Waals surface area contributed by atoms with Gasteiger partial charge in [-0.1, -0.05) is 0 Å². The Balaban J connectivity index is 1.54. The van der Waals surface area contributed by atoms with Crippen molar-refractivity contribution in [2.75, 3.05) is 45.2 Å². The maximum atomic E-state index is 13.2. The Hall–Kier alpha value is -3.47. The molecule has 0 aliphatic carbocycles. The third-order valence-electron chi connectivity index (χ3n) is 6.48. The molecule has 2 unspecified atom stereocenters. The van der Waals surface area contributed by atoms with E-state index in [0.717, 1.165) is 10.6 Å². The molecule has 5 amide bonds. The van der Waals surface area contributed by atoms with Crippen LogP contribution in [0.4, 0.5) is 10.5 Å². The smallest absolute Gasteiger partial charge is 0.410 e. The minimum atomic E-state index is -1.000. The van der Waals surface area contributed by atoms with Crippen molar-refractivity contribution < 1.29 is 28.7 Å². The summed E-state index contributed by atoms with van der Waals surface area (Å²) in [7, 11) is 3.88. The second-order valence-electron chi connectivity index (χ2n) is 10.7. The van der Waals surface area contributed by atoms with Gasteiger partial charge in [0.1, 0.15) is 11.6 Å². The number of likely N-dealkylation sites (N-methyl/N-ethyl adjacent to an activating group) is 1. The summed E-state index contributed by atoms with van der Waals surface area (Å²) in [6.07, 6.45) is -0.171. The quantitative estimate of drug-likeness (QED) is 0.611. The van der Waals surface area contributed by atoms with E-state index in [2.05, 4.69) is 10.2 Å². The van der Waals surface area contributed by atoms with Crippen LogP contribution in [0, 0.1) is 0 Å². The number of rotatable bonds is 4. The molecule has 2 atom stereocenters. The van der Waals surface area contributed by atoms with E-state index in [1.54, 1.807) is 23.1 Å². The van der Waals surface area contributed by atoms with Crippen LogP contribution in [-0.4, -0.2) is 102 Å². The molecule has 194 valence electrons. The van der Waals surface area contributed by atoms with E-state index in [1.165, 1.54) is 0 Å². The lowest BCUT2D eigenvalue weighted by Crippen LogP contribution is -2.59. The van der Waals surface area contributed by atoms with E-state index in [1.807, 2.05) is 39.8 Å². The third kappa shape index (κ3) is 5.06. The Morgan fingerprint density at radius 1 is 1.08 bits per heavy atom. The van der Waals surface area contributed by atoms with Crippen molar-refractivity contribution in [1.29, 1.82) is 0 Å². The SMILES string of the molecule is CN(C)CC1CN(c2ccc3c(c2)C(=O)N(C2CCC(=O)NC2=O)C3=O)CCN1C(=O)OC(C)(C)C. The number of fused-ring (bicyclic) bond motifs is 1. The zero-order valence-electron chi connectivity index (χ0n) is 21.4. The van der Waals surface area contributed by atoms with Crippen LogP contribution in [0.3, 0.4) is 0 Å². The number of benzene rings is 1. The van der Waals surface area contributed by atoms with Gasteiger partial charge in [0.25, 0.3) is 11.8 Å². The van der Waals surface area contributed by atoms with Crippen molar-refractivity contribution in [2.24, 2.45) is 0 Å². The van der Waals surface area contributed by atoms with Crippen molar-refractivity contribution >= 4 is 35.4 Å². The van der Waals surface area contributed by atoms with E-state index in [0.29, 0.717) is 26.2 Å². The van der Waals surface area contributed by atoms with Crippen LogP contribution < -0.4 is 10.2 Å². The highest BCUT2D eigenvalue weighted by Crippen LogP contribution is 2.31. The number of nitrogens with zero attached hydrogens (tertiary/aromatic N) is 4. The minimum absolute atomic E-state index is 0.0737. The molecule has 3 heterocycles. The average Bonchev–Trinajstić information content (AvgIpc) is 3.02. The van der Waals surface area contributed by atoms with Gasteiger partial charge in [-0.25, -0.2) is 4.79 Å². The lowest BCUT2D eigenvalue weighted by atomic mass is 10.0. The van der Waals surface area contributed by atoms with Gasteiger partial charge in [0.15, 0.2) is 0 Å². The van der Waals surface area contributed by atoms with E-state index in [9.17, 15) is 24.0 Å². The summed E-state index contributed by atoms with van der Waals surface area (Å²) in [4.78, 5) is 69.6. The third-order valence-corrected chi connectivity index (χ3v) is 6.48. The fourth-order valence-electron chi connectivity index (χ4n) is 4.88. The number of piperazine rings is 1. The lowest BCUT2D eigenvalue weighted by molar-refractivity contribution is -0.136. The molecule has 36 heavy (non-hydrogen) atoms. The van der Waals surface area contributed by atoms with Crippen LogP contribution in [0.25, 0.3) is 0 Å². The van der Waals surface area contributed by atoms with Crippen molar-refractivity contribution in [2.45, 2.75) is 51.3 Å². The molecule has 3 aliphatic heterocycles. The van der Waals surface area contributed by atoms with Gasteiger partial charge in [0.2, 0.25) is 11.8 Å². The summed E-state index contributed by atoms with van der Waals surface area (Å²) in [5.41, 5.74) is 0.636. The number of carbonyl (C=O) groups excluding carboxylic acids is 5. The minimum Gasteiger partial charge on any atom is -0.444 e. The van der Waals surface area contributed by atoms with Gasteiger partial charge >= 0.3 is 6.09 Å². The van der Waals surface area contributed by atoms with Gasteiger partial charge in [-0.2, -0.15) is 0 Å². The summed E-state index contributed by atoms with van der Waals surface area (Å²) >= 11 is 0. The van der Waals surface area contributed by atoms with E-state index >= 15 is 0 Å². The maximum absolute atomic E-state index is 13.2. The summed E-state index contributed by atoms with van der Waals surface area (Å²) < 4.78 is 5.61. The average molecular weight is 500 g/mol. The first-order valence-corrected chi connectivity index (χ1v) is 12.1. The molecule has 0 bridgehead atoms. The molecule has 0 spiro atoms. The summed E-state index contributed by atoms with van der Waals surface area (Å²) in [5, 5.41) is 2.21. The topological polar surface area (TPSA) is 120 Å². The Morgan fingerprint density at radius 3 is 2.42 bits per heavy atom. The summed E-state index contributed by atoms with van der Waals surface area (Å²) in [6.45, 7) is 7.63. The van der Waals surface area contributed by atoms with Crippen LogP contribution >= 0.6 is 0 Å². The predicted octanol–water partition coefficient (Wildman–Crippen LogP) is 1.08. The number of carbonyl (C=O) groups is 5. The van der Waals surface area contributed by atoms with Crippen LogP contribution in [0.1, 0.15) is 54.3 Å². The second-order valence-corrected chi connectivity index (χ2v) is 10.7. The first-order chi connectivity index (χ1) is 16.9. The first kappa shape index (κ1) is 25.6. The highest BCUT2D eigenvalue weighted by atomic mass is 16.6. The standard InChI is InChI=1S/C25H33N5O6/c1-25(2,3)36-24(35)29-11-10-28(14-16(29)13-27(4)5)15-6-7-17-18(12-15)23(34)30(22(17)33)19-8-9-20(31)26-21(19)32/h6-7,12,16,19H,8-11,13-14H2,1-5H3,(H,26,31,32). The molecule has 1 aromatic carbocycles. The Bertz CT molecular complexity index is 1110. The fourth-order valence-corrected chi connectivity index (χ4v) is 4.88. The Morgan fingerprint density at radius 2 is 1.78 bits per heavy atom. The van der Waals surface area contributed by atoms with Gasteiger partial charge in [0.05, 0.1) is 17.2 Å². The zero-order valence-corrected chi connectivity index (χ0v) is 21.4. The van der Waals surface area contributed by atoms with E-state index in [-0.39, 0.29) is 36.1 Å². The Labute approximate surface area is 210 Å². The van der Waals surface area contributed by atoms with Crippen molar-refractivity contribution in [1.82, 2.24) is 20.0 Å². The largest absolute Gasteiger partial charge is 0.444 e. The molecule has 0 aromatic heterocycles. The molecule has 2 fully saturated rings. The molecule has 1 aromatic rings. The highest BCUT2D eigenvalue weighted by molar-refractivity contribution is 6.23. The number of hydrogen-bond donors (Lipinski definition) is 1. The second kappa shape index (κ2) is 9.53. The molecular formula is C25H33N5O6. The number of amides is 5. The number of anilines is 1. The molecular weight excluding hydrogens is 466 g/mol. The zero-order chi connectivity index (χ0) is 26.4. The molecule has 2 saturated heterocycles. The van der Waals surface area contributed by atoms with Gasteiger partial charge in [-0.15, -0.1) is 0 Å². The van der Waals surface area contributed by atoms with Crippen LogP contribution in [0.5, 0.6) is 0 Å². The highest BCUT2D eigenvalue weighted by Gasteiger charge is 2.45. The summed E-state index contributed by atoms with van der Waals surface area (Å²) in [5.74, 6) is -2.11. The van der Waals surface area contributed by atoms with Crippen molar-refractivity contribution in [3.63, 3.8) is 0 Å². The molecule has 11 heteroatoms. The molecule has 4 rings (SSSR count). The summed E-state index contributed by atoms with van der Waals surface area (Å²) in [6, 6.07) is 3.93. The van der Waals surface area contributed by atoms with E-state index < -0.39 is 35.3 Å². The number of piperidine rings is 1. The molecule has 0 saturated carbocycles. The van der Waals surface area contributed by atoms with Crippen LogP contribution in [-0.2, 0) is 14.3 Å². The van der Waals surface area contributed by atoms with Crippen LogP contribution in [0.2, 0.25) is 0 Å². The first-order valence-electron chi connectivity index (χ1n) is 12.1. The number of imide groups is 2. The van der Waals surface area contributed by atoms with Gasteiger partial charge in [-0.05, 0) is 59.5 Å². The lowest BCUT2D eigenvalue weighted by Gasteiger charge is -2.43. The maximum Gasteiger partial charge on any atom is 0.410 e. The van der Waals surface area contributed by atoms with Crippen molar-refractivity contribution in [3.8, 4) is 0 Å². The van der Waals surface area contributed by atoms with Crippen molar-refractivity contribution in [3.05, 3.63) is 29.3 Å². The molecule has 0 radical (unpaired) electrons. The fraction of sp³-hybridized carbons (Fsp3) is 0.560. The van der Waals surface area contributed by atoms with Gasteiger partial charge < -0.3 is 19.4 Å². The van der Waals surface area contributed by atoms with E-state index in [4.69, 9.17) is 4.74 Å². The van der Waals surface area contributed by atoms with Crippen LogP contribution in [0.15, 0.2) is 18.2 Å². The molecule has 11 nitrogen and oxygen atoms in total. The molecule has 1 N–H and O–H groups in total. The molecule has 3 aliphatic rings. The number of hydrogen-bond acceptors (Lipinski definition) is 8. The number of ether oxygens (including phenoxy) is 1. The number of nitrogens with one attached hydrogen (secondary N) is 1.